The molecule has 140 valence electrons. The Balaban J connectivity index is 1.28. The number of rotatable bonds is 5. The van der Waals surface area contributed by atoms with E-state index in [9.17, 15) is 4.79 Å². The number of aromatic nitrogens is 1. The first-order valence-corrected chi connectivity index (χ1v) is 10.1. The van der Waals surface area contributed by atoms with Gasteiger partial charge in [-0.05, 0) is 48.8 Å². The molecular formula is C24H28N2O. The van der Waals surface area contributed by atoms with E-state index in [4.69, 9.17) is 0 Å². The molecule has 0 spiro atoms. The number of hydrogen-bond acceptors (Lipinski definition) is 1. The number of benzene rings is 2. The van der Waals surface area contributed by atoms with E-state index >= 15 is 0 Å². The molecule has 3 aromatic rings. The second-order valence-electron chi connectivity index (χ2n) is 7.70. The summed E-state index contributed by atoms with van der Waals surface area (Å²) >= 11 is 0. The van der Waals surface area contributed by atoms with Crippen LogP contribution in [0.4, 0.5) is 0 Å². The number of fused-ring (bicyclic) bond motifs is 1. The van der Waals surface area contributed by atoms with E-state index in [0.717, 1.165) is 38.8 Å². The maximum absolute atomic E-state index is 12.6. The van der Waals surface area contributed by atoms with Gasteiger partial charge in [-0.2, -0.15) is 0 Å². The molecule has 0 aliphatic carbocycles. The van der Waals surface area contributed by atoms with Crippen LogP contribution in [-0.2, 0) is 18.3 Å². The Labute approximate surface area is 161 Å². The fourth-order valence-corrected chi connectivity index (χ4v) is 4.40. The van der Waals surface area contributed by atoms with Crippen LogP contribution in [-0.4, -0.2) is 28.5 Å². The number of nitrogens with zero attached hydrogens (tertiary/aromatic N) is 2. The minimum atomic E-state index is 0.321. The Kier molecular flexibility index (Phi) is 5.28. The largest absolute Gasteiger partial charge is 0.350 e. The van der Waals surface area contributed by atoms with E-state index in [-0.39, 0.29) is 0 Å². The monoisotopic (exact) mass is 360 g/mol. The van der Waals surface area contributed by atoms with E-state index in [2.05, 4.69) is 77.3 Å². The van der Waals surface area contributed by atoms with Crippen LogP contribution >= 0.6 is 0 Å². The van der Waals surface area contributed by atoms with Gasteiger partial charge in [0.15, 0.2) is 0 Å². The third-order valence-corrected chi connectivity index (χ3v) is 5.93. The van der Waals surface area contributed by atoms with Crippen molar-refractivity contribution in [2.24, 2.45) is 7.05 Å². The summed E-state index contributed by atoms with van der Waals surface area (Å²) in [6, 6.07) is 19.2. The maximum atomic E-state index is 12.6. The maximum Gasteiger partial charge on any atom is 0.222 e. The van der Waals surface area contributed by atoms with Crippen molar-refractivity contribution in [1.29, 1.82) is 0 Å². The molecule has 0 bridgehead atoms. The van der Waals surface area contributed by atoms with Crippen molar-refractivity contribution in [2.45, 2.75) is 38.0 Å². The lowest BCUT2D eigenvalue weighted by atomic mass is 9.89. The summed E-state index contributed by atoms with van der Waals surface area (Å²) in [6.45, 7) is 1.79. The summed E-state index contributed by atoms with van der Waals surface area (Å²) in [5.74, 6) is 0.924. The van der Waals surface area contributed by atoms with Gasteiger partial charge in [0.1, 0.15) is 0 Å². The van der Waals surface area contributed by atoms with Gasteiger partial charge in [0, 0.05) is 43.7 Å². The summed E-state index contributed by atoms with van der Waals surface area (Å²) in [4.78, 5) is 14.7. The van der Waals surface area contributed by atoms with E-state index in [1.807, 2.05) is 0 Å². The smallest absolute Gasteiger partial charge is 0.222 e. The zero-order valence-corrected chi connectivity index (χ0v) is 16.1. The molecule has 3 heteroatoms. The fraction of sp³-hybridized carbons (Fsp3) is 0.375. The van der Waals surface area contributed by atoms with Crippen LogP contribution in [0.15, 0.2) is 60.8 Å². The number of hydrogen-bond donors (Lipinski definition) is 0. The van der Waals surface area contributed by atoms with Crippen LogP contribution in [0.5, 0.6) is 0 Å². The molecule has 1 fully saturated rings. The number of para-hydroxylation sites is 1. The topological polar surface area (TPSA) is 25.2 Å². The quantitative estimate of drug-likeness (QED) is 0.635. The van der Waals surface area contributed by atoms with Gasteiger partial charge in [0.25, 0.3) is 0 Å². The first-order chi connectivity index (χ1) is 13.2. The highest BCUT2D eigenvalue weighted by Crippen LogP contribution is 2.28. The number of amides is 1. The summed E-state index contributed by atoms with van der Waals surface area (Å²) in [7, 11) is 2.09. The molecule has 0 atom stereocenters. The SMILES string of the molecule is Cn1cc(CCCC(=O)N2CCC(c3ccccc3)CC2)c2ccccc21. The Morgan fingerprint density at radius 2 is 1.70 bits per heavy atom. The zero-order chi connectivity index (χ0) is 18.6. The summed E-state index contributed by atoms with van der Waals surface area (Å²) in [5, 5.41) is 1.32. The Morgan fingerprint density at radius 3 is 2.48 bits per heavy atom. The molecule has 3 nitrogen and oxygen atoms in total. The molecule has 1 amide bonds. The van der Waals surface area contributed by atoms with Gasteiger partial charge in [-0.25, -0.2) is 0 Å². The number of likely N-dealkylation sites (tertiary alicyclic amines) is 1. The van der Waals surface area contributed by atoms with Crippen molar-refractivity contribution < 1.29 is 4.79 Å². The number of aryl methyl sites for hydroxylation is 2. The van der Waals surface area contributed by atoms with Crippen LogP contribution in [0.25, 0.3) is 10.9 Å². The van der Waals surface area contributed by atoms with E-state index in [1.54, 1.807) is 0 Å². The van der Waals surface area contributed by atoms with Crippen LogP contribution in [0, 0.1) is 0 Å². The molecule has 0 unspecified atom stereocenters. The van der Waals surface area contributed by atoms with Gasteiger partial charge in [0.05, 0.1) is 0 Å². The predicted octanol–water partition coefficient (Wildman–Crippen LogP) is 4.91. The zero-order valence-electron chi connectivity index (χ0n) is 16.1. The number of carbonyl (C=O) groups excluding carboxylic acids is 1. The summed E-state index contributed by atoms with van der Waals surface area (Å²) < 4.78 is 2.18. The van der Waals surface area contributed by atoms with Crippen molar-refractivity contribution in [2.75, 3.05) is 13.1 Å². The average molecular weight is 361 g/mol. The van der Waals surface area contributed by atoms with Crippen LogP contribution in [0.1, 0.15) is 42.7 Å². The third-order valence-electron chi connectivity index (χ3n) is 5.93. The molecule has 2 aromatic carbocycles. The number of carbonyl (C=O) groups is 1. The van der Waals surface area contributed by atoms with Crippen LogP contribution < -0.4 is 0 Å². The van der Waals surface area contributed by atoms with E-state index in [1.165, 1.54) is 22.0 Å². The van der Waals surface area contributed by atoms with Gasteiger partial charge >= 0.3 is 0 Å². The summed E-state index contributed by atoms with van der Waals surface area (Å²) in [5.41, 5.74) is 4.03. The normalized spacial score (nSPS) is 15.4. The Hall–Kier alpha value is -2.55. The van der Waals surface area contributed by atoms with Gasteiger partial charge in [-0.3, -0.25) is 4.79 Å². The first-order valence-electron chi connectivity index (χ1n) is 10.1. The number of piperidine rings is 1. The summed E-state index contributed by atoms with van der Waals surface area (Å²) in [6.07, 6.45) is 6.91. The molecule has 2 heterocycles. The molecule has 0 saturated carbocycles. The third kappa shape index (κ3) is 3.92. The molecule has 4 rings (SSSR count). The van der Waals surface area contributed by atoms with E-state index in [0.29, 0.717) is 18.2 Å². The second kappa shape index (κ2) is 7.99. The lowest BCUT2D eigenvalue weighted by molar-refractivity contribution is -0.132. The minimum absolute atomic E-state index is 0.321. The lowest BCUT2D eigenvalue weighted by Crippen LogP contribution is -2.37. The molecule has 0 N–H and O–H groups in total. The highest BCUT2D eigenvalue weighted by molar-refractivity contribution is 5.84. The Morgan fingerprint density at radius 1 is 1.00 bits per heavy atom. The van der Waals surface area contributed by atoms with Crippen molar-refractivity contribution in [3.05, 3.63) is 71.9 Å². The van der Waals surface area contributed by atoms with E-state index < -0.39 is 0 Å². The minimum Gasteiger partial charge on any atom is -0.350 e. The highest BCUT2D eigenvalue weighted by Gasteiger charge is 2.23. The molecule has 1 aliphatic heterocycles. The van der Waals surface area contributed by atoms with Crippen molar-refractivity contribution >= 4 is 16.8 Å². The van der Waals surface area contributed by atoms with Crippen LogP contribution in [0.3, 0.4) is 0 Å². The first kappa shape index (κ1) is 17.8. The standard InChI is InChI=1S/C24H28N2O/c1-25-18-21(22-11-5-6-12-23(22)25)10-7-13-24(27)26-16-14-20(15-17-26)19-8-3-2-4-9-19/h2-6,8-9,11-12,18,20H,7,10,13-17H2,1H3. The molecular weight excluding hydrogens is 332 g/mol. The van der Waals surface area contributed by atoms with Gasteiger partial charge in [0.2, 0.25) is 5.91 Å². The molecule has 0 radical (unpaired) electrons. The van der Waals surface area contributed by atoms with Crippen molar-refractivity contribution in [3.8, 4) is 0 Å². The molecule has 1 aliphatic rings. The second-order valence-corrected chi connectivity index (χ2v) is 7.70. The van der Waals surface area contributed by atoms with Gasteiger partial charge in [-0.1, -0.05) is 48.5 Å². The fourth-order valence-electron chi connectivity index (χ4n) is 4.40. The van der Waals surface area contributed by atoms with Crippen molar-refractivity contribution in [1.82, 2.24) is 9.47 Å². The van der Waals surface area contributed by atoms with Crippen LogP contribution in [0.2, 0.25) is 0 Å². The average Bonchev–Trinajstić information content (AvgIpc) is 3.05. The molecule has 27 heavy (non-hydrogen) atoms. The lowest BCUT2D eigenvalue weighted by Gasteiger charge is -2.32. The molecule has 1 aromatic heterocycles. The highest BCUT2D eigenvalue weighted by atomic mass is 16.2. The molecule has 1 saturated heterocycles. The van der Waals surface area contributed by atoms with Gasteiger partial charge in [-0.15, -0.1) is 0 Å². The van der Waals surface area contributed by atoms with Gasteiger partial charge < -0.3 is 9.47 Å². The predicted molar refractivity (Wildman–Crippen MR) is 111 cm³/mol. The Bertz CT molecular complexity index is 905. The van der Waals surface area contributed by atoms with Crippen molar-refractivity contribution in [3.63, 3.8) is 0 Å².